The summed E-state index contributed by atoms with van der Waals surface area (Å²) in [5.41, 5.74) is 1.28. The standard InChI is InChI=1S/C16H26N2O2/c1-5-20-16(19)17-14(4)11-18(13(2)3)12-15-9-7-6-8-10-15/h6-10,13-14H,5,11-12H2,1-4H3,(H,17,19). The molecule has 4 nitrogen and oxygen atoms in total. The van der Waals surface area contributed by atoms with Gasteiger partial charge in [-0.2, -0.15) is 0 Å². The van der Waals surface area contributed by atoms with Crippen LogP contribution in [0.2, 0.25) is 0 Å². The average Bonchev–Trinajstić information content (AvgIpc) is 2.39. The second kappa shape index (κ2) is 8.59. The lowest BCUT2D eigenvalue weighted by Crippen LogP contribution is -2.44. The van der Waals surface area contributed by atoms with E-state index in [1.165, 1.54) is 5.56 Å². The van der Waals surface area contributed by atoms with Crippen molar-refractivity contribution in [3.05, 3.63) is 35.9 Å². The predicted molar refractivity (Wildman–Crippen MR) is 81.6 cm³/mol. The number of amides is 1. The summed E-state index contributed by atoms with van der Waals surface area (Å²) in [4.78, 5) is 13.8. The third-order valence-corrected chi connectivity index (χ3v) is 3.11. The third-order valence-electron chi connectivity index (χ3n) is 3.11. The minimum Gasteiger partial charge on any atom is -0.450 e. The Kier molecular flexibility index (Phi) is 7.09. The van der Waals surface area contributed by atoms with Crippen molar-refractivity contribution in [1.82, 2.24) is 10.2 Å². The van der Waals surface area contributed by atoms with Crippen molar-refractivity contribution in [3.8, 4) is 0 Å². The fraction of sp³-hybridized carbons (Fsp3) is 0.562. The maximum atomic E-state index is 11.4. The molecule has 0 radical (unpaired) electrons. The minimum atomic E-state index is -0.344. The highest BCUT2D eigenvalue weighted by Gasteiger charge is 2.15. The summed E-state index contributed by atoms with van der Waals surface area (Å²) < 4.78 is 4.90. The Morgan fingerprint density at radius 3 is 2.45 bits per heavy atom. The van der Waals surface area contributed by atoms with Crippen LogP contribution in [0.15, 0.2) is 30.3 Å². The van der Waals surface area contributed by atoms with Crippen molar-refractivity contribution >= 4 is 6.09 Å². The smallest absolute Gasteiger partial charge is 0.407 e. The van der Waals surface area contributed by atoms with Gasteiger partial charge in [-0.05, 0) is 33.3 Å². The number of benzene rings is 1. The van der Waals surface area contributed by atoms with Crippen LogP contribution in [0.5, 0.6) is 0 Å². The fourth-order valence-electron chi connectivity index (χ4n) is 2.05. The first-order chi connectivity index (χ1) is 9.52. The van der Waals surface area contributed by atoms with E-state index in [0.29, 0.717) is 12.6 Å². The van der Waals surface area contributed by atoms with Crippen LogP contribution in [-0.2, 0) is 11.3 Å². The van der Waals surface area contributed by atoms with Crippen LogP contribution in [0.3, 0.4) is 0 Å². The monoisotopic (exact) mass is 278 g/mol. The van der Waals surface area contributed by atoms with E-state index in [1.807, 2.05) is 25.1 Å². The van der Waals surface area contributed by atoms with E-state index in [-0.39, 0.29) is 12.1 Å². The molecule has 1 amide bonds. The molecule has 0 saturated heterocycles. The maximum Gasteiger partial charge on any atom is 0.407 e. The molecule has 1 N–H and O–H groups in total. The van der Waals surface area contributed by atoms with E-state index in [9.17, 15) is 4.79 Å². The van der Waals surface area contributed by atoms with Gasteiger partial charge in [0.05, 0.1) is 6.61 Å². The number of hydrogen-bond acceptors (Lipinski definition) is 3. The van der Waals surface area contributed by atoms with Gasteiger partial charge in [0.2, 0.25) is 0 Å². The number of nitrogens with zero attached hydrogens (tertiary/aromatic N) is 1. The molecule has 1 unspecified atom stereocenters. The van der Waals surface area contributed by atoms with Crippen molar-refractivity contribution < 1.29 is 9.53 Å². The van der Waals surface area contributed by atoms with Gasteiger partial charge in [-0.1, -0.05) is 30.3 Å². The summed E-state index contributed by atoms with van der Waals surface area (Å²) in [5.74, 6) is 0. The molecule has 4 heteroatoms. The van der Waals surface area contributed by atoms with Crippen LogP contribution in [0.25, 0.3) is 0 Å². The molecular weight excluding hydrogens is 252 g/mol. The van der Waals surface area contributed by atoms with Gasteiger partial charge >= 0.3 is 6.09 Å². The summed E-state index contributed by atoms with van der Waals surface area (Å²) in [6.45, 7) is 10.2. The Morgan fingerprint density at radius 2 is 1.90 bits per heavy atom. The molecule has 1 atom stereocenters. The lowest BCUT2D eigenvalue weighted by Gasteiger charge is -2.29. The number of ether oxygens (including phenoxy) is 1. The first kappa shape index (κ1) is 16.5. The summed E-state index contributed by atoms with van der Waals surface area (Å²) in [7, 11) is 0. The van der Waals surface area contributed by atoms with Gasteiger partial charge in [0.25, 0.3) is 0 Å². The molecule has 0 aromatic heterocycles. The number of hydrogen-bond donors (Lipinski definition) is 1. The highest BCUT2D eigenvalue weighted by molar-refractivity contribution is 5.67. The number of nitrogens with one attached hydrogen (secondary N) is 1. The van der Waals surface area contributed by atoms with Crippen molar-refractivity contribution in [2.75, 3.05) is 13.2 Å². The van der Waals surface area contributed by atoms with Gasteiger partial charge in [-0.3, -0.25) is 4.90 Å². The number of carbonyl (C=O) groups is 1. The summed E-state index contributed by atoms with van der Waals surface area (Å²) in [6.07, 6.45) is -0.344. The molecule has 1 aromatic rings. The Labute approximate surface area is 122 Å². The van der Waals surface area contributed by atoms with Gasteiger partial charge in [-0.15, -0.1) is 0 Å². The largest absolute Gasteiger partial charge is 0.450 e. The van der Waals surface area contributed by atoms with Gasteiger partial charge in [0.1, 0.15) is 0 Å². The molecule has 20 heavy (non-hydrogen) atoms. The Hall–Kier alpha value is -1.55. The number of carbonyl (C=O) groups excluding carboxylic acids is 1. The molecular formula is C16H26N2O2. The summed E-state index contributed by atoms with van der Waals surface area (Å²) >= 11 is 0. The first-order valence-electron chi connectivity index (χ1n) is 7.24. The third kappa shape index (κ3) is 6.06. The molecule has 0 aliphatic carbocycles. The second-order valence-electron chi connectivity index (χ2n) is 5.27. The molecule has 0 aliphatic heterocycles. The molecule has 0 heterocycles. The van der Waals surface area contributed by atoms with Crippen LogP contribution in [0, 0.1) is 0 Å². The van der Waals surface area contributed by atoms with E-state index in [2.05, 4.69) is 36.2 Å². The lowest BCUT2D eigenvalue weighted by molar-refractivity contribution is 0.140. The normalized spacial score (nSPS) is 12.5. The molecule has 0 spiro atoms. The number of alkyl carbamates (subject to hydrolysis) is 1. The maximum absolute atomic E-state index is 11.4. The Morgan fingerprint density at radius 1 is 1.25 bits per heavy atom. The van der Waals surface area contributed by atoms with E-state index >= 15 is 0 Å². The highest BCUT2D eigenvalue weighted by atomic mass is 16.5. The molecule has 0 bridgehead atoms. The van der Waals surface area contributed by atoms with Crippen LogP contribution < -0.4 is 5.32 Å². The molecule has 1 rings (SSSR count). The van der Waals surface area contributed by atoms with Crippen LogP contribution >= 0.6 is 0 Å². The highest BCUT2D eigenvalue weighted by Crippen LogP contribution is 2.08. The molecule has 0 saturated carbocycles. The van der Waals surface area contributed by atoms with E-state index in [4.69, 9.17) is 4.74 Å². The molecule has 1 aromatic carbocycles. The van der Waals surface area contributed by atoms with Crippen molar-refractivity contribution in [3.63, 3.8) is 0 Å². The van der Waals surface area contributed by atoms with Crippen LogP contribution in [0.4, 0.5) is 4.79 Å². The van der Waals surface area contributed by atoms with E-state index in [1.54, 1.807) is 6.92 Å². The minimum absolute atomic E-state index is 0.0557. The first-order valence-corrected chi connectivity index (χ1v) is 7.24. The van der Waals surface area contributed by atoms with Gasteiger partial charge in [0, 0.05) is 25.2 Å². The van der Waals surface area contributed by atoms with Crippen LogP contribution in [0.1, 0.15) is 33.3 Å². The zero-order valence-electron chi connectivity index (χ0n) is 12.9. The summed E-state index contributed by atoms with van der Waals surface area (Å²) in [6, 6.07) is 10.8. The topological polar surface area (TPSA) is 41.6 Å². The second-order valence-corrected chi connectivity index (χ2v) is 5.27. The van der Waals surface area contributed by atoms with Gasteiger partial charge in [-0.25, -0.2) is 4.79 Å². The SMILES string of the molecule is CCOC(=O)NC(C)CN(Cc1ccccc1)C(C)C. The molecule has 0 aliphatic rings. The molecule has 0 fully saturated rings. The van der Waals surface area contributed by atoms with E-state index < -0.39 is 0 Å². The Bertz CT molecular complexity index is 393. The van der Waals surface area contributed by atoms with Crippen LogP contribution in [-0.4, -0.2) is 36.2 Å². The fourth-order valence-corrected chi connectivity index (χ4v) is 2.05. The van der Waals surface area contributed by atoms with Crippen molar-refractivity contribution in [2.45, 2.75) is 46.3 Å². The molecule has 112 valence electrons. The van der Waals surface area contributed by atoms with E-state index in [0.717, 1.165) is 13.1 Å². The zero-order chi connectivity index (χ0) is 15.0. The lowest BCUT2D eigenvalue weighted by atomic mass is 10.1. The van der Waals surface area contributed by atoms with Gasteiger partial charge in [0.15, 0.2) is 0 Å². The average molecular weight is 278 g/mol. The quantitative estimate of drug-likeness (QED) is 0.833. The van der Waals surface area contributed by atoms with Crippen molar-refractivity contribution in [1.29, 1.82) is 0 Å². The number of rotatable bonds is 7. The zero-order valence-corrected chi connectivity index (χ0v) is 12.9. The van der Waals surface area contributed by atoms with Crippen molar-refractivity contribution in [2.24, 2.45) is 0 Å². The summed E-state index contributed by atoms with van der Waals surface area (Å²) in [5, 5.41) is 2.85. The predicted octanol–water partition coefficient (Wildman–Crippen LogP) is 3.03. The van der Waals surface area contributed by atoms with Gasteiger partial charge < -0.3 is 10.1 Å². The Balaban J connectivity index is 2.52.